The van der Waals surface area contributed by atoms with E-state index in [4.69, 9.17) is 0 Å². The molecule has 0 aliphatic heterocycles. The van der Waals surface area contributed by atoms with Gasteiger partial charge in [0.25, 0.3) is 0 Å². The molecule has 4 heteroatoms. The van der Waals surface area contributed by atoms with Gasteiger partial charge in [-0.25, -0.2) is 8.78 Å². The topological polar surface area (TPSA) is 15.3 Å². The van der Waals surface area contributed by atoms with Gasteiger partial charge in [0.15, 0.2) is 0 Å². The second-order valence-electron chi connectivity index (χ2n) is 4.11. The molecule has 1 aromatic carbocycles. The third-order valence-corrected chi connectivity index (χ3v) is 2.60. The van der Waals surface area contributed by atoms with Crippen molar-refractivity contribution in [3.05, 3.63) is 29.3 Å². The van der Waals surface area contributed by atoms with Crippen molar-refractivity contribution in [3.63, 3.8) is 0 Å². The van der Waals surface area contributed by atoms with E-state index in [0.717, 1.165) is 13.0 Å². The molecule has 0 aliphatic rings. The lowest BCUT2D eigenvalue weighted by Gasteiger charge is -2.20. The van der Waals surface area contributed by atoms with Gasteiger partial charge in [0.2, 0.25) is 0 Å². The third kappa shape index (κ3) is 3.66. The number of nitrogens with one attached hydrogen (secondary N) is 1. The smallest absolute Gasteiger partial charge is 0.149 e. The Bertz CT molecular complexity index is 343. The van der Waals surface area contributed by atoms with E-state index < -0.39 is 11.6 Å². The Morgan fingerprint density at radius 1 is 1.18 bits per heavy atom. The number of nitrogens with zero attached hydrogens (tertiary/aromatic N) is 1. The second-order valence-corrected chi connectivity index (χ2v) is 4.11. The molecular formula is C13H20F2N2. The molecule has 1 aromatic rings. The number of hydrogen-bond acceptors (Lipinski definition) is 2. The number of halogens is 2. The van der Waals surface area contributed by atoms with Crippen molar-refractivity contribution in [1.82, 2.24) is 5.32 Å². The van der Waals surface area contributed by atoms with E-state index in [9.17, 15) is 8.78 Å². The first-order valence-electron chi connectivity index (χ1n) is 5.99. The van der Waals surface area contributed by atoms with Crippen molar-refractivity contribution in [3.8, 4) is 0 Å². The first-order chi connectivity index (χ1) is 8.10. The summed E-state index contributed by atoms with van der Waals surface area (Å²) in [6.07, 6.45) is 0.856. The summed E-state index contributed by atoms with van der Waals surface area (Å²) in [7, 11) is 1.70. The van der Waals surface area contributed by atoms with Gasteiger partial charge in [0, 0.05) is 20.1 Å². The Morgan fingerprint density at radius 2 is 1.76 bits per heavy atom. The first-order valence-corrected chi connectivity index (χ1v) is 5.99. The zero-order chi connectivity index (χ0) is 12.8. The monoisotopic (exact) mass is 242 g/mol. The molecule has 0 saturated carbocycles. The first kappa shape index (κ1) is 13.9. The van der Waals surface area contributed by atoms with Crippen molar-refractivity contribution >= 4 is 5.69 Å². The van der Waals surface area contributed by atoms with Crippen LogP contribution in [0.1, 0.15) is 25.8 Å². The molecule has 0 fully saturated rings. The van der Waals surface area contributed by atoms with E-state index in [-0.39, 0.29) is 5.69 Å². The van der Waals surface area contributed by atoms with Gasteiger partial charge < -0.3 is 10.2 Å². The molecule has 17 heavy (non-hydrogen) atoms. The highest BCUT2D eigenvalue weighted by Crippen LogP contribution is 2.24. The quantitative estimate of drug-likeness (QED) is 0.825. The number of hydrogen-bond donors (Lipinski definition) is 1. The number of rotatable bonds is 6. The molecular weight excluding hydrogens is 222 g/mol. The molecule has 0 radical (unpaired) electrons. The van der Waals surface area contributed by atoms with Gasteiger partial charge >= 0.3 is 0 Å². The lowest BCUT2D eigenvalue weighted by atomic mass is 10.1. The normalized spacial score (nSPS) is 10.6. The van der Waals surface area contributed by atoms with Crippen LogP contribution in [-0.2, 0) is 6.54 Å². The van der Waals surface area contributed by atoms with Crippen molar-refractivity contribution in [1.29, 1.82) is 0 Å². The molecule has 0 saturated heterocycles. The van der Waals surface area contributed by atoms with E-state index in [0.29, 0.717) is 18.7 Å². The second kappa shape index (κ2) is 6.55. The fourth-order valence-corrected chi connectivity index (χ4v) is 1.80. The molecule has 0 aromatic heterocycles. The van der Waals surface area contributed by atoms with Crippen LogP contribution in [0.25, 0.3) is 0 Å². The fourth-order valence-electron chi connectivity index (χ4n) is 1.80. The van der Waals surface area contributed by atoms with E-state index in [1.165, 1.54) is 12.1 Å². The SMILES string of the molecule is CCCN(C)c1c(F)cc(CNCC)cc1F. The third-order valence-electron chi connectivity index (χ3n) is 2.60. The molecule has 1 N–H and O–H groups in total. The summed E-state index contributed by atoms with van der Waals surface area (Å²) >= 11 is 0. The molecule has 96 valence electrons. The van der Waals surface area contributed by atoms with Gasteiger partial charge in [-0.3, -0.25) is 0 Å². The van der Waals surface area contributed by atoms with Crippen molar-refractivity contribution < 1.29 is 8.78 Å². The Kier molecular flexibility index (Phi) is 5.35. The van der Waals surface area contributed by atoms with Crippen molar-refractivity contribution in [2.45, 2.75) is 26.8 Å². The number of benzene rings is 1. The zero-order valence-corrected chi connectivity index (χ0v) is 10.7. The van der Waals surface area contributed by atoms with E-state index >= 15 is 0 Å². The molecule has 0 spiro atoms. The Balaban J connectivity index is 2.93. The summed E-state index contributed by atoms with van der Waals surface area (Å²) in [5, 5.41) is 3.05. The summed E-state index contributed by atoms with van der Waals surface area (Å²) in [6.45, 7) is 5.84. The maximum Gasteiger partial charge on any atom is 0.149 e. The van der Waals surface area contributed by atoms with Gasteiger partial charge in [-0.05, 0) is 30.7 Å². The van der Waals surface area contributed by atoms with Crippen LogP contribution in [0.4, 0.5) is 14.5 Å². The molecule has 0 aliphatic carbocycles. The van der Waals surface area contributed by atoms with E-state index in [2.05, 4.69) is 5.32 Å². The maximum atomic E-state index is 13.8. The Labute approximate surface area is 102 Å². The minimum atomic E-state index is -0.492. The zero-order valence-electron chi connectivity index (χ0n) is 10.7. The standard InChI is InChI=1S/C13H20F2N2/c1-4-6-17(3)13-11(14)7-10(8-12(13)15)9-16-5-2/h7-8,16H,4-6,9H2,1-3H3. The van der Waals surface area contributed by atoms with Crippen LogP contribution in [0.3, 0.4) is 0 Å². The Hall–Kier alpha value is -1.16. The van der Waals surface area contributed by atoms with Gasteiger partial charge in [0.05, 0.1) is 0 Å². The van der Waals surface area contributed by atoms with Crippen molar-refractivity contribution in [2.24, 2.45) is 0 Å². The highest BCUT2D eigenvalue weighted by molar-refractivity contribution is 5.50. The predicted molar refractivity (Wildman–Crippen MR) is 67.3 cm³/mol. The molecule has 0 heterocycles. The van der Waals surface area contributed by atoms with Crippen LogP contribution in [0.5, 0.6) is 0 Å². The molecule has 0 atom stereocenters. The summed E-state index contributed by atoms with van der Waals surface area (Å²) in [5.74, 6) is -0.984. The van der Waals surface area contributed by atoms with Crippen LogP contribution < -0.4 is 10.2 Å². The molecule has 0 unspecified atom stereocenters. The van der Waals surface area contributed by atoms with Crippen molar-refractivity contribution in [2.75, 3.05) is 25.0 Å². The fraction of sp³-hybridized carbons (Fsp3) is 0.538. The van der Waals surface area contributed by atoms with Gasteiger partial charge in [-0.1, -0.05) is 13.8 Å². The average Bonchev–Trinajstić information content (AvgIpc) is 2.25. The molecule has 0 bridgehead atoms. The molecule has 2 nitrogen and oxygen atoms in total. The van der Waals surface area contributed by atoms with Gasteiger partial charge in [-0.2, -0.15) is 0 Å². The minimum absolute atomic E-state index is 0.0621. The number of anilines is 1. The van der Waals surface area contributed by atoms with E-state index in [1.54, 1.807) is 11.9 Å². The van der Waals surface area contributed by atoms with E-state index in [1.807, 2.05) is 13.8 Å². The van der Waals surface area contributed by atoms with Gasteiger partial charge in [-0.15, -0.1) is 0 Å². The van der Waals surface area contributed by atoms with Crippen LogP contribution in [0, 0.1) is 11.6 Å². The Morgan fingerprint density at radius 3 is 2.24 bits per heavy atom. The lowest BCUT2D eigenvalue weighted by molar-refractivity contribution is 0.570. The average molecular weight is 242 g/mol. The summed E-state index contributed by atoms with van der Waals surface area (Å²) in [6, 6.07) is 2.79. The summed E-state index contributed by atoms with van der Waals surface area (Å²) in [4.78, 5) is 1.61. The molecule has 0 amide bonds. The lowest BCUT2D eigenvalue weighted by Crippen LogP contribution is -2.21. The van der Waals surface area contributed by atoms with Crippen LogP contribution in [0.2, 0.25) is 0 Å². The van der Waals surface area contributed by atoms with Gasteiger partial charge in [0.1, 0.15) is 17.3 Å². The minimum Gasteiger partial charge on any atom is -0.370 e. The largest absolute Gasteiger partial charge is 0.370 e. The summed E-state index contributed by atoms with van der Waals surface area (Å²) in [5.41, 5.74) is 0.697. The highest BCUT2D eigenvalue weighted by Gasteiger charge is 2.14. The van der Waals surface area contributed by atoms with Crippen LogP contribution >= 0.6 is 0 Å². The summed E-state index contributed by atoms with van der Waals surface area (Å²) < 4.78 is 27.6. The highest BCUT2D eigenvalue weighted by atomic mass is 19.1. The van der Waals surface area contributed by atoms with Crippen LogP contribution in [0.15, 0.2) is 12.1 Å². The predicted octanol–water partition coefficient (Wildman–Crippen LogP) is 2.92. The van der Waals surface area contributed by atoms with Crippen LogP contribution in [-0.4, -0.2) is 20.1 Å². The maximum absolute atomic E-state index is 13.8. The molecule has 1 rings (SSSR count).